The van der Waals surface area contributed by atoms with Crippen molar-refractivity contribution in [3.8, 4) is 0 Å². The number of aromatic amines is 1. The van der Waals surface area contributed by atoms with Gasteiger partial charge in [0.05, 0.1) is 0 Å². The van der Waals surface area contributed by atoms with Gasteiger partial charge in [-0.05, 0) is 73.1 Å². The molecule has 2 aliphatic carbocycles. The van der Waals surface area contributed by atoms with Crippen LogP contribution in [0, 0.1) is 0 Å². The Bertz CT molecular complexity index is 940. The van der Waals surface area contributed by atoms with E-state index in [1.165, 1.54) is 79.1 Å². The van der Waals surface area contributed by atoms with Gasteiger partial charge in [0, 0.05) is 54.2 Å². The molecule has 0 bridgehead atoms. The van der Waals surface area contributed by atoms with Crippen LogP contribution < -0.4 is 10.6 Å². The minimum absolute atomic E-state index is 0.502. The average molecular weight is 389 g/mol. The van der Waals surface area contributed by atoms with Gasteiger partial charge in [-0.15, -0.1) is 0 Å². The number of fused-ring (bicyclic) bond motifs is 3. The van der Waals surface area contributed by atoms with E-state index in [0.29, 0.717) is 12.1 Å². The molecule has 5 rings (SSSR count). The Labute approximate surface area is 173 Å². The third kappa shape index (κ3) is 4.24. The average Bonchev–Trinajstić information content (AvgIpc) is 3.14. The lowest BCUT2D eigenvalue weighted by Gasteiger charge is -2.31. The van der Waals surface area contributed by atoms with Crippen LogP contribution in [-0.2, 0) is 19.5 Å². The highest BCUT2D eigenvalue weighted by atomic mass is 15.0. The van der Waals surface area contributed by atoms with E-state index < -0.39 is 0 Å². The molecule has 3 aromatic rings. The normalized spacial score (nSPS) is 20.1. The van der Waals surface area contributed by atoms with Gasteiger partial charge in [0.1, 0.15) is 0 Å². The Morgan fingerprint density at radius 2 is 1.72 bits per heavy atom. The molecule has 29 heavy (non-hydrogen) atoms. The predicted molar refractivity (Wildman–Crippen MR) is 119 cm³/mol. The minimum atomic E-state index is 0.502. The SMILES string of the molecule is c1cc(CNCc2ccc3[nH]c4c(c3c2)CCCC4NC2CCCCC2)ccn1. The smallest absolute Gasteiger partial charge is 0.0478 e. The van der Waals surface area contributed by atoms with E-state index in [1.54, 1.807) is 5.56 Å². The molecule has 1 unspecified atom stereocenters. The Balaban J connectivity index is 1.31. The van der Waals surface area contributed by atoms with Crippen LogP contribution in [0.3, 0.4) is 0 Å². The summed E-state index contributed by atoms with van der Waals surface area (Å²) in [5.74, 6) is 0. The van der Waals surface area contributed by atoms with Crippen LogP contribution in [0.15, 0.2) is 42.7 Å². The maximum absolute atomic E-state index is 4.09. The summed E-state index contributed by atoms with van der Waals surface area (Å²) in [4.78, 5) is 7.86. The summed E-state index contributed by atoms with van der Waals surface area (Å²) in [6.07, 6.45) is 14.3. The molecule has 0 aliphatic heterocycles. The molecule has 1 atom stereocenters. The van der Waals surface area contributed by atoms with Gasteiger partial charge in [0.25, 0.3) is 0 Å². The van der Waals surface area contributed by atoms with Gasteiger partial charge >= 0.3 is 0 Å². The number of hydrogen-bond donors (Lipinski definition) is 3. The van der Waals surface area contributed by atoms with E-state index >= 15 is 0 Å². The Hall–Kier alpha value is -2.17. The summed E-state index contributed by atoms with van der Waals surface area (Å²) in [7, 11) is 0. The van der Waals surface area contributed by atoms with Gasteiger partial charge < -0.3 is 15.6 Å². The summed E-state index contributed by atoms with van der Waals surface area (Å²) >= 11 is 0. The summed E-state index contributed by atoms with van der Waals surface area (Å²) in [6.45, 7) is 1.77. The molecule has 2 aromatic heterocycles. The second-order valence-corrected chi connectivity index (χ2v) is 8.80. The van der Waals surface area contributed by atoms with E-state index in [4.69, 9.17) is 0 Å². The van der Waals surface area contributed by atoms with E-state index in [-0.39, 0.29) is 0 Å². The molecular weight excluding hydrogens is 356 g/mol. The summed E-state index contributed by atoms with van der Waals surface area (Å²) in [5.41, 5.74) is 6.94. The predicted octanol–water partition coefficient (Wildman–Crippen LogP) is 5.15. The second kappa shape index (κ2) is 8.68. The number of nitrogens with zero attached hydrogens (tertiary/aromatic N) is 1. The molecule has 1 fully saturated rings. The number of pyridine rings is 1. The first-order valence-corrected chi connectivity index (χ1v) is 11.4. The molecule has 2 heterocycles. The van der Waals surface area contributed by atoms with E-state index in [2.05, 4.69) is 50.9 Å². The molecule has 2 aliphatic rings. The van der Waals surface area contributed by atoms with Crippen LogP contribution in [0.1, 0.15) is 73.4 Å². The lowest BCUT2D eigenvalue weighted by molar-refractivity contribution is 0.318. The Kier molecular flexibility index (Phi) is 5.64. The number of hydrogen-bond acceptors (Lipinski definition) is 3. The molecule has 0 amide bonds. The number of benzene rings is 1. The third-order valence-electron chi connectivity index (χ3n) is 6.72. The second-order valence-electron chi connectivity index (χ2n) is 8.80. The number of nitrogens with one attached hydrogen (secondary N) is 3. The van der Waals surface area contributed by atoms with Crippen molar-refractivity contribution in [2.45, 2.75) is 76.5 Å². The fraction of sp³-hybridized carbons (Fsp3) is 0.480. The minimum Gasteiger partial charge on any atom is -0.357 e. The number of aryl methyl sites for hydroxylation is 1. The number of rotatable bonds is 6. The van der Waals surface area contributed by atoms with Crippen molar-refractivity contribution in [3.05, 3.63) is 65.1 Å². The van der Waals surface area contributed by atoms with E-state index in [1.807, 2.05) is 12.4 Å². The van der Waals surface area contributed by atoms with Crippen molar-refractivity contribution < 1.29 is 0 Å². The first-order chi connectivity index (χ1) is 14.4. The fourth-order valence-corrected chi connectivity index (χ4v) is 5.19. The molecule has 0 spiro atoms. The molecule has 1 aromatic carbocycles. The highest BCUT2D eigenvalue weighted by molar-refractivity contribution is 5.85. The van der Waals surface area contributed by atoms with Crippen molar-refractivity contribution in [3.63, 3.8) is 0 Å². The van der Waals surface area contributed by atoms with Crippen molar-refractivity contribution in [1.29, 1.82) is 0 Å². The van der Waals surface area contributed by atoms with Crippen LogP contribution >= 0.6 is 0 Å². The molecule has 4 nitrogen and oxygen atoms in total. The molecule has 0 radical (unpaired) electrons. The van der Waals surface area contributed by atoms with Crippen molar-refractivity contribution in [2.75, 3.05) is 0 Å². The number of H-pyrrole nitrogens is 1. The quantitative estimate of drug-likeness (QED) is 0.547. The van der Waals surface area contributed by atoms with Gasteiger partial charge in [-0.25, -0.2) is 0 Å². The largest absolute Gasteiger partial charge is 0.357 e. The number of aromatic nitrogens is 2. The lowest BCUT2D eigenvalue weighted by atomic mass is 9.89. The zero-order valence-electron chi connectivity index (χ0n) is 17.2. The maximum atomic E-state index is 4.09. The standard InChI is InChI=1S/C25H32N4/c1-2-5-20(6-3-1)28-24-8-4-7-21-22-15-19(9-10-23(22)29-25(21)24)17-27-16-18-11-13-26-14-12-18/h9-15,20,24,27-29H,1-8,16-17H2. The molecule has 0 saturated heterocycles. The third-order valence-corrected chi connectivity index (χ3v) is 6.72. The van der Waals surface area contributed by atoms with E-state index in [0.717, 1.165) is 13.1 Å². The molecular formula is C25H32N4. The first-order valence-electron chi connectivity index (χ1n) is 11.4. The topological polar surface area (TPSA) is 52.7 Å². The molecule has 1 saturated carbocycles. The molecule has 3 N–H and O–H groups in total. The molecule has 4 heteroatoms. The van der Waals surface area contributed by atoms with E-state index in [9.17, 15) is 0 Å². The first kappa shape index (κ1) is 18.8. The highest BCUT2D eigenvalue weighted by Crippen LogP contribution is 2.36. The van der Waals surface area contributed by atoms with Gasteiger partial charge in [-0.1, -0.05) is 25.3 Å². The van der Waals surface area contributed by atoms with Gasteiger partial charge in [0.15, 0.2) is 0 Å². The van der Waals surface area contributed by atoms with Gasteiger partial charge in [-0.2, -0.15) is 0 Å². The zero-order valence-corrected chi connectivity index (χ0v) is 17.2. The van der Waals surface area contributed by atoms with Crippen molar-refractivity contribution >= 4 is 10.9 Å². The highest BCUT2D eigenvalue weighted by Gasteiger charge is 2.26. The van der Waals surface area contributed by atoms with Crippen LogP contribution in [0.5, 0.6) is 0 Å². The van der Waals surface area contributed by atoms with Crippen LogP contribution in [-0.4, -0.2) is 16.0 Å². The lowest BCUT2D eigenvalue weighted by Crippen LogP contribution is -2.36. The maximum Gasteiger partial charge on any atom is 0.0478 e. The van der Waals surface area contributed by atoms with Gasteiger partial charge in [-0.3, -0.25) is 4.98 Å². The summed E-state index contributed by atoms with van der Waals surface area (Å²) in [6, 6.07) is 12.3. The summed E-state index contributed by atoms with van der Waals surface area (Å²) < 4.78 is 0. The summed E-state index contributed by atoms with van der Waals surface area (Å²) in [5, 5.41) is 8.99. The van der Waals surface area contributed by atoms with Gasteiger partial charge in [0.2, 0.25) is 0 Å². The van der Waals surface area contributed by atoms with Crippen LogP contribution in [0.2, 0.25) is 0 Å². The fourth-order valence-electron chi connectivity index (χ4n) is 5.19. The zero-order chi connectivity index (χ0) is 19.5. The monoisotopic (exact) mass is 388 g/mol. The Morgan fingerprint density at radius 1 is 0.897 bits per heavy atom. The molecule has 152 valence electrons. The van der Waals surface area contributed by atoms with Crippen molar-refractivity contribution in [1.82, 2.24) is 20.6 Å². The van der Waals surface area contributed by atoms with Crippen LogP contribution in [0.25, 0.3) is 10.9 Å². The van der Waals surface area contributed by atoms with Crippen LogP contribution in [0.4, 0.5) is 0 Å². The van der Waals surface area contributed by atoms with Crippen molar-refractivity contribution in [2.24, 2.45) is 0 Å². The Morgan fingerprint density at radius 3 is 2.59 bits per heavy atom.